The molecule has 0 unspecified atom stereocenters. The van der Waals surface area contributed by atoms with Gasteiger partial charge in [0.2, 0.25) is 5.95 Å². The second kappa shape index (κ2) is 6.23. The number of hydrogen-bond donors (Lipinski definition) is 3. The molecule has 2 saturated carbocycles. The van der Waals surface area contributed by atoms with Crippen LogP contribution < -0.4 is 15.5 Å². The molecule has 0 radical (unpaired) electrons. The van der Waals surface area contributed by atoms with Crippen molar-refractivity contribution in [2.75, 3.05) is 30.4 Å². The summed E-state index contributed by atoms with van der Waals surface area (Å²) in [6.45, 7) is 2.13. The molecule has 2 saturated heterocycles. The van der Waals surface area contributed by atoms with Gasteiger partial charge in [-0.15, -0.1) is 0 Å². The Balaban J connectivity index is 1.26. The molecular formula is C19H27N7. The van der Waals surface area contributed by atoms with E-state index in [1.54, 1.807) is 0 Å². The molecule has 0 atom stereocenters. The van der Waals surface area contributed by atoms with Crippen LogP contribution in [0.5, 0.6) is 0 Å². The van der Waals surface area contributed by atoms with E-state index in [1.807, 2.05) is 12.3 Å². The summed E-state index contributed by atoms with van der Waals surface area (Å²) in [5, 5.41) is 14.5. The molecule has 4 fully saturated rings. The van der Waals surface area contributed by atoms with Crippen molar-refractivity contribution in [2.24, 2.45) is 5.41 Å². The predicted octanol–water partition coefficient (Wildman–Crippen LogP) is 2.79. The fourth-order valence-electron chi connectivity index (χ4n) is 4.97. The molecule has 7 nitrogen and oxygen atoms in total. The molecule has 2 aromatic heterocycles. The van der Waals surface area contributed by atoms with E-state index in [2.05, 4.69) is 43.8 Å². The lowest BCUT2D eigenvalue weighted by Gasteiger charge is -2.39. The van der Waals surface area contributed by atoms with Crippen LogP contribution in [0.15, 0.2) is 18.3 Å². The number of nitrogens with zero attached hydrogens (tertiary/aromatic N) is 4. The minimum atomic E-state index is 0.421. The molecule has 0 aromatic carbocycles. The summed E-state index contributed by atoms with van der Waals surface area (Å²) in [6.07, 6.45) is 9.57. The summed E-state index contributed by atoms with van der Waals surface area (Å²) in [5.41, 5.74) is 1.66. The Morgan fingerprint density at radius 3 is 2.88 bits per heavy atom. The minimum absolute atomic E-state index is 0.421. The second-order valence-corrected chi connectivity index (χ2v) is 8.40. The molecule has 4 heterocycles. The Morgan fingerprint density at radius 1 is 1.27 bits per heavy atom. The Kier molecular flexibility index (Phi) is 3.85. The topological polar surface area (TPSA) is 81.8 Å². The number of aromatic amines is 1. The van der Waals surface area contributed by atoms with Gasteiger partial charge in [0, 0.05) is 55.5 Å². The van der Waals surface area contributed by atoms with E-state index in [0.29, 0.717) is 11.3 Å². The van der Waals surface area contributed by atoms with Crippen molar-refractivity contribution < 1.29 is 0 Å². The first-order valence-electron chi connectivity index (χ1n) is 9.79. The summed E-state index contributed by atoms with van der Waals surface area (Å²) in [4.78, 5) is 11.3. The van der Waals surface area contributed by atoms with Crippen LogP contribution in [0.3, 0.4) is 0 Å². The van der Waals surface area contributed by atoms with Crippen molar-refractivity contribution in [2.45, 2.75) is 50.5 Å². The van der Waals surface area contributed by atoms with Crippen molar-refractivity contribution >= 4 is 17.6 Å². The van der Waals surface area contributed by atoms with Crippen LogP contribution >= 0.6 is 0 Å². The number of aromatic nitrogens is 4. The van der Waals surface area contributed by atoms with Gasteiger partial charge < -0.3 is 15.5 Å². The quantitative estimate of drug-likeness (QED) is 0.741. The third-order valence-corrected chi connectivity index (χ3v) is 6.33. The highest BCUT2D eigenvalue weighted by atomic mass is 15.3. The highest BCUT2D eigenvalue weighted by Gasteiger charge is 2.50. The maximum Gasteiger partial charge on any atom is 0.227 e. The third-order valence-electron chi connectivity index (χ3n) is 6.33. The Bertz CT molecular complexity index is 768. The summed E-state index contributed by atoms with van der Waals surface area (Å²) >= 11 is 0. The van der Waals surface area contributed by atoms with Gasteiger partial charge in [0.15, 0.2) is 5.82 Å². The van der Waals surface area contributed by atoms with Crippen molar-refractivity contribution in [3.8, 4) is 0 Å². The van der Waals surface area contributed by atoms with Crippen LogP contribution in [0.2, 0.25) is 0 Å². The summed E-state index contributed by atoms with van der Waals surface area (Å²) in [7, 11) is 2.09. The van der Waals surface area contributed by atoms with E-state index >= 15 is 0 Å². The van der Waals surface area contributed by atoms with E-state index in [9.17, 15) is 0 Å². The smallest absolute Gasteiger partial charge is 0.227 e. The molecule has 0 amide bonds. The molecule has 2 aliphatic carbocycles. The number of fused-ring (bicyclic) bond motifs is 1. The lowest BCUT2D eigenvalue weighted by Crippen LogP contribution is -2.43. The van der Waals surface area contributed by atoms with Crippen LogP contribution in [0, 0.1) is 5.41 Å². The molecule has 3 N–H and O–H groups in total. The van der Waals surface area contributed by atoms with Gasteiger partial charge in [-0.25, -0.2) is 4.98 Å². The molecule has 138 valence electrons. The lowest BCUT2D eigenvalue weighted by atomic mass is 9.70. The first-order chi connectivity index (χ1) is 12.7. The van der Waals surface area contributed by atoms with Gasteiger partial charge in [-0.05, 0) is 31.7 Å². The molecule has 2 bridgehead atoms. The van der Waals surface area contributed by atoms with Crippen molar-refractivity contribution in [3.63, 3.8) is 0 Å². The zero-order valence-corrected chi connectivity index (χ0v) is 15.3. The maximum atomic E-state index is 4.69. The molecule has 0 spiro atoms. The predicted molar refractivity (Wildman–Crippen MR) is 102 cm³/mol. The molecule has 4 aliphatic rings. The normalized spacial score (nSPS) is 27.5. The second-order valence-electron chi connectivity index (χ2n) is 8.40. The Labute approximate surface area is 154 Å². The SMILES string of the molecule is CN(CC12CNC(C1)C2)c1nccc(Nc2cc(C3CCCC3)[nH]n2)n1. The van der Waals surface area contributed by atoms with Crippen molar-refractivity contribution in [3.05, 3.63) is 24.0 Å². The average molecular weight is 353 g/mol. The van der Waals surface area contributed by atoms with Gasteiger partial charge in [-0.1, -0.05) is 12.8 Å². The van der Waals surface area contributed by atoms with Crippen LogP contribution in [0.25, 0.3) is 0 Å². The van der Waals surface area contributed by atoms with Gasteiger partial charge in [0.1, 0.15) is 5.82 Å². The van der Waals surface area contributed by atoms with Gasteiger partial charge in [0.25, 0.3) is 0 Å². The van der Waals surface area contributed by atoms with E-state index in [-0.39, 0.29) is 0 Å². The molecule has 26 heavy (non-hydrogen) atoms. The summed E-state index contributed by atoms with van der Waals surface area (Å²) < 4.78 is 0. The number of H-pyrrole nitrogens is 1. The summed E-state index contributed by atoms with van der Waals surface area (Å²) in [6, 6.07) is 4.76. The van der Waals surface area contributed by atoms with E-state index < -0.39 is 0 Å². The van der Waals surface area contributed by atoms with Crippen LogP contribution in [0.4, 0.5) is 17.6 Å². The van der Waals surface area contributed by atoms with Crippen LogP contribution in [0.1, 0.15) is 50.1 Å². The number of hydrogen-bond acceptors (Lipinski definition) is 6. The maximum absolute atomic E-state index is 4.69. The van der Waals surface area contributed by atoms with Crippen LogP contribution in [-0.2, 0) is 0 Å². The first-order valence-corrected chi connectivity index (χ1v) is 9.79. The minimum Gasteiger partial charge on any atom is -0.343 e. The third kappa shape index (κ3) is 2.94. The van der Waals surface area contributed by atoms with Gasteiger partial charge in [0.05, 0.1) is 0 Å². The van der Waals surface area contributed by atoms with Gasteiger partial charge in [-0.2, -0.15) is 10.1 Å². The Hall–Kier alpha value is -2.15. The van der Waals surface area contributed by atoms with Gasteiger partial charge in [-0.3, -0.25) is 5.10 Å². The highest BCUT2D eigenvalue weighted by molar-refractivity contribution is 5.53. The fourth-order valence-corrected chi connectivity index (χ4v) is 4.97. The lowest BCUT2D eigenvalue weighted by molar-refractivity contribution is 0.205. The number of anilines is 3. The van der Waals surface area contributed by atoms with E-state index in [1.165, 1.54) is 44.2 Å². The molecule has 6 rings (SSSR count). The summed E-state index contributed by atoms with van der Waals surface area (Å²) in [5.74, 6) is 3.03. The van der Waals surface area contributed by atoms with Gasteiger partial charge >= 0.3 is 0 Å². The monoisotopic (exact) mass is 353 g/mol. The molecule has 7 heteroatoms. The average Bonchev–Trinajstić information content (AvgIpc) is 3.38. The van der Waals surface area contributed by atoms with Crippen molar-refractivity contribution in [1.82, 2.24) is 25.5 Å². The zero-order chi connectivity index (χ0) is 17.6. The number of rotatable bonds is 6. The first kappa shape index (κ1) is 16.1. The van der Waals surface area contributed by atoms with E-state index in [4.69, 9.17) is 4.98 Å². The fraction of sp³-hybridized carbons (Fsp3) is 0.632. The number of nitrogens with one attached hydrogen (secondary N) is 3. The van der Waals surface area contributed by atoms with Crippen LogP contribution in [-0.4, -0.2) is 46.3 Å². The van der Waals surface area contributed by atoms with Crippen molar-refractivity contribution in [1.29, 1.82) is 0 Å². The Morgan fingerprint density at radius 2 is 2.12 bits per heavy atom. The zero-order valence-electron chi connectivity index (χ0n) is 15.3. The largest absolute Gasteiger partial charge is 0.343 e. The molecule has 2 aromatic rings. The molecule has 2 aliphatic heterocycles. The van der Waals surface area contributed by atoms with E-state index in [0.717, 1.165) is 36.7 Å². The standard InChI is InChI=1S/C19H27N7/c1-26(12-19-9-14(10-19)21-11-19)18-20-7-6-16(23-18)22-17-8-15(24-25-17)13-4-2-3-5-13/h6-8,13-14,21H,2-5,9-12H2,1H3,(H2,20,22,23,24,25). The molecular weight excluding hydrogens is 326 g/mol. The highest BCUT2D eigenvalue weighted by Crippen LogP contribution is 2.46.